The molecule has 0 saturated carbocycles. The Bertz CT molecular complexity index is 1120. The third-order valence-electron chi connectivity index (χ3n) is 5.29. The minimum absolute atomic E-state index is 0.00878. The molecule has 0 fully saturated rings. The molecule has 0 spiro atoms. The lowest BCUT2D eigenvalue weighted by molar-refractivity contribution is -0.385. The highest BCUT2D eigenvalue weighted by Gasteiger charge is 2.37. The number of allylic oxidation sites excluding steroid dienone is 2. The molecule has 0 aliphatic heterocycles. The summed E-state index contributed by atoms with van der Waals surface area (Å²) in [6.07, 6.45) is -3.84. The first-order valence-electron chi connectivity index (χ1n) is 9.94. The predicted molar refractivity (Wildman–Crippen MR) is 112 cm³/mol. The van der Waals surface area contributed by atoms with E-state index in [9.17, 15) is 33.2 Å². The Morgan fingerprint density at radius 3 is 2.41 bits per heavy atom. The van der Waals surface area contributed by atoms with E-state index in [1.54, 1.807) is 6.07 Å². The largest absolute Gasteiger partial charge is 0.512 e. The summed E-state index contributed by atoms with van der Waals surface area (Å²) in [6.45, 7) is 5.59. The fourth-order valence-electron chi connectivity index (χ4n) is 3.82. The van der Waals surface area contributed by atoms with Crippen molar-refractivity contribution in [3.05, 3.63) is 69.0 Å². The van der Waals surface area contributed by atoms with Crippen LogP contribution in [-0.2, 0) is 17.4 Å². The molecule has 0 radical (unpaired) electrons. The van der Waals surface area contributed by atoms with Crippen LogP contribution in [0.25, 0.3) is 5.57 Å². The summed E-state index contributed by atoms with van der Waals surface area (Å²) >= 11 is 0. The van der Waals surface area contributed by atoms with Crippen molar-refractivity contribution in [2.24, 2.45) is 5.41 Å². The first kappa shape index (κ1) is 23.3. The van der Waals surface area contributed by atoms with Crippen molar-refractivity contribution in [1.82, 2.24) is 0 Å². The maximum atomic E-state index is 13.5. The molecule has 0 aromatic heterocycles. The van der Waals surface area contributed by atoms with Crippen molar-refractivity contribution in [2.45, 2.75) is 46.2 Å². The molecule has 1 N–H and O–H groups in total. The molecule has 6 nitrogen and oxygen atoms in total. The summed E-state index contributed by atoms with van der Waals surface area (Å²) in [4.78, 5) is 22.7. The van der Waals surface area contributed by atoms with E-state index in [4.69, 9.17) is 4.74 Å². The number of nitro groups is 1. The van der Waals surface area contributed by atoms with E-state index in [1.165, 1.54) is 12.1 Å². The number of hydrogen-bond donors (Lipinski definition) is 1. The van der Waals surface area contributed by atoms with Gasteiger partial charge in [0.2, 0.25) is 0 Å². The van der Waals surface area contributed by atoms with Crippen molar-refractivity contribution >= 4 is 17.0 Å². The number of ether oxygens (including phenoxy) is 1. The molecule has 32 heavy (non-hydrogen) atoms. The molecular formula is C23H22F3NO5. The second kappa shape index (κ2) is 8.29. The average molecular weight is 449 g/mol. The number of halogens is 3. The van der Waals surface area contributed by atoms with Gasteiger partial charge in [0, 0.05) is 25.0 Å². The van der Waals surface area contributed by atoms with E-state index in [-0.39, 0.29) is 29.3 Å². The number of non-ortho nitro benzene ring substituents is 1. The first-order chi connectivity index (χ1) is 14.8. The van der Waals surface area contributed by atoms with E-state index in [0.717, 1.165) is 17.7 Å². The number of nitro benzene ring substituents is 1. The highest BCUT2D eigenvalue weighted by Crippen LogP contribution is 2.43. The molecule has 0 heterocycles. The highest BCUT2D eigenvalue weighted by molar-refractivity contribution is 6.22. The molecule has 2 aromatic carbocycles. The number of aryl methyl sites for hydroxylation is 1. The van der Waals surface area contributed by atoms with Crippen molar-refractivity contribution in [1.29, 1.82) is 0 Å². The van der Waals surface area contributed by atoms with E-state index < -0.39 is 33.5 Å². The van der Waals surface area contributed by atoms with Gasteiger partial charge in [-0.25, -0.2) is 0 Å². The molecule has 1 aliphatic rings. The van der Waals surface area contributed by atoms with E-state index in [0.29, 0.717) is 24.5 Å². The number of aliphatic hydroxyl groups is 1. The van der Waals surface area contributed by atoms with Crippen molar-refractivity contribution < 1.29 is 32.7 Å². The lowest BCUT2D eigenvalue weighted by atomic mass is 9.74. The zero-order valence-corrected chi connectivity index (χ0v) is 17.7. The van der Waals surface area contributed by atoms with Gasteiger partial charge in [0.1, 0.15) is 22.8 Å². The summed E-state index contributed by atoms with van der Waals surface area (Å²) in [7, 11) is 0. The second-order valence-corrected chi connectivity index (χ2v) is 8.47. The number of ketones is 1. The minimum Gasteiger partial charge on any atom is -0.512 e. The monoisotopic (exact) mass is 449 g/mol. The minimum atomic E-state index is -4.88. The summed E-state index contributed by atoms with van der Waals surface area (Å²) < 4.78 is 45.9. The number of Topliss-reactive ketones (excluding diaryl/α,β-unsaturated/α-hetero) is 1. The van der Waals surface area contributed by atoms with Crippen LogP contribution in [0, 0.1) is 15.5 Å². The summed E-state index contributed by atoms with van der Waals surface area (Å²) in [5.41, 5.74) is -1.12. The Morgan fingerprint density at radius 1 is 1.16 bits per heavy atom. The third kappa shape index (κ3) is 4.76. The number of benzene rings is 2. The molecule has 9 heteroatoms. The maximum absolute atomic E-state index is 13.5. The lowest BCUT2D eigenvalue weighted by Crippen LogP contribution is -2.25. The van der Waals surface area contributed by atoms with Crippen molar-refractivity contribution in [2.75, 3.05) is 0 Å². The Labute approximate surface area is 182 Å². The Balaban J connectivity index is 2.08. The SMILES string of the molecule is CCc1ccc(Oc2ccc([N+](=O)[O-])cc2C(F)(F)F)cc1C1=C(O)CC(C)(C)CC1=O. The summed E-state index contributed by atoms with van der Waals surface area (Å²) in [6, 6.07) is 6.72. The van der Waals surface area contributed by atoms with Crippen LogP contribution in [0.5, 0.6) is 11.5 Å². The Morgan fingerprint density at radius 2 is 1.84 bits per heavy atom. The van der Waals surface area contributed by atoms with Gasteiger partial charge in [-0.15, -0.1) is 0 Å². The van der Waals surface area contributed by atoms with Gasteiger partial charge in [0.05, 0.1) is 10.5 Å². The molecule has 0 saturated heterocycles. The number of carbonyl (C=O) groups is 1. The molecule has 0 bridgehead atoms. The number of alkyl halides is 3. The zero-order valence-electron chi connectivity index (χ0n) is 17.7. The summed E-state index contributed by atoms with van der Waals surface area (Å²) in [5, 5.41) is 21.5. The van der Waals surface area contributed by atoms with Gasteiger partial charge in [0.25, 0.3) is 5.69 Å². The Hall–Kier alpha value is -3.36. The van der Waals surface area contributed by atoms with Gasteiger partial charge in [-0.2, -0.15) is 13.2 Å². The molecule has 0 amide bonds. The fraction of sp³-hybridized carbons (Fsp3) is 0.348. The Kier molecular flexibility index (Phi) is 6.04. The highest BCUT2D eigenvalue weighted by atomic mass is 19.4. The van der Waals surface area contributed by atoms with Crippen LogP contribution >= 0.6 is 0 Å². The van der Waals surface area contributed by atoms with Crippen LogP contribution in [0.1, 0.15) is 50.3 Å². The number of carbonyl (C=O) groups excluding carboxylic acids is 1. The van der Waals surface area contributed by atoms with Gasteiger partial charge in [-0.05, 0) is 41.2 Å². The van der Waals surface area contributed by atoms with Crippen molar-refractivity contribution in [3.8, 4) is 11.5 Å². The van der Waals surface area contributed by atoms with Gasteiger partial charge >= 0.3 is 6.18 Å². The van der Waals surface area contributed by atoms with E-state index in [1.807, 2.05) is 20.8 Å². The van der Waals surface area contributed by atoms with E-state index >= 15 is 0 Å². The van der Waals surface area contributed by atoms with Crippen LogP contribution in [0.3, 0.4) is 0 Å². The van der Waals surface area contributed by atoms with Crippen LogP contribution < -0.4 is 4.74 Å². The molecule has 0 unspecified atom stereocenters. The van der Waals surface area contributed by atoms with E-state index in [2.05, 4.69) is 0 Å². The average Bonchev–Trinajstić information content (AvgIpc) is 2.66. The third-order valence-corrected chi connectivity index (χ3v) is 5.29. The summed E-state index contributed by atoms with van der Waals surface area (Å²) in [5.74, 6) is -0.913. The number of hydrogen-bond acceptors (Lipinski definition) is 5. The second-order valence-electron chi connectivity index (χ2n) is 8.47. The molecule has 1 aliphatic carbocycles. The number of nitrogens with zero attached hydrogens (tertiary/aromatic N) is 1. The van der Waals surface area contributed by atoms with Gasteiger partial charge in [-0.3, -0.25) is 14.9 Å². The molecular weight excluding hydrogens is 427 g/mol. The number of rotatable bonds is 5. The van der Waals surface area contributed by atoms with Gasteiger partial charge < -0.3 is 9.84 Å². The quantitative estimate of drug-likeness (QED) is 0.409. The predicted octanol–water partition coefficient (Wildman–Crippen LogP) is 6.63. The van der Waals surface area contributed by atoms with Gasteiger partial charge in [-0.1, -0.05) is 26.8 Å². The van der Waals surface area contributed by atoms with Crippen LogP contribution in [0.15, 0.2) is 42.2 Å². The van der Waals surface area contributed by atoms with Crippen LogP contribution in [0.2, 0.25) is 0 Å². The maximum Gasteiger partial charge on any atom is 0.420 e. The first-order valence-corrected chi connectivity index (χ1v) is 9.94. The molecule has 0 atom stereocenters. The smallest absolute Gasteiger partial charge is 0.420 e. The van der Waals surface area contributed by atoms with Crippen LogP contribution in [0.4, 0.5) is 18.9 Å². The van der Waals surface area contributed by atoms with Crippen LogP contribution in [-0.4, -0.2) is 15.8 Å². The topological polar surface area (TPSA) is 89.7 Å². The van der Waals surface area contributed by atoms with Crippen molar-refractivity contribution in [3.63, 3.8) is 0 Å². The number of aliphatic hydroxyl groups excluding tert-OH is 1. The lowest BCUT2D eigenvalue weighted by Gasteiger charge is -2.30. The molecule has 2 aromatic rings. The molecule has 3 rings (SSSR count). The standard InChI is InChI=1S/C23H22F3NO5/c1-4-13-5-7-15(10-16(13)21-18(28)11-22(2,3)12-19(21)29)32-20-8-6-14(27(30)31)9-17(20)23(24,25)26/h5-10,28H,4,11-12H2,1-3H3. The fourth-order valence-corrected chi connectivity index (χ4v) is 3.82. The normalized spacial score (nSPS) is 16.2. The molecule has 170 valence electrons. The zero-order chi connectivity index (χ0) is 23.8. The van der Waals surface area contributed by atoms with Gasteiger partial charge in [0.15, 0.2) is 5.78 Å².